The maximum absolute atomic E-state index is 11.3. The summed E-state index contributed by atoms with van der Waals surface area (Å²) < 4.78 is 9.52. The van der Waals surface area contributed by atoms with E-state index in [0.717, 1.165) is 12.8 Å². The zero-order valence-electron chi connectivity index (χ0n) is 9.20. The van der Waals surface area contributed by atoms with Gasteiger partial charge in [0.25, 0.3) is 0 Å². The summed E-state index contributed by atoms with van der Waals surface area (Å²) >= 11 is 0. The molecule has 0 radical (unpaired) electrons. The van der Waals surface area contributed by atoms with Gasteiger partial charge in [0.15, 0.2) is 0 Å². The molecule has 0 aromatic carbocycles. The third kappa shape index (κ3) is 3.77. The monoisotopic (exact) mass is 202 g/mol. The van der Waals surface area contributed by atoms with Crippen LogP contribution in [0.25, 0.3) is 0 Å². The van der Waals surface area contributed by atoms with E-state index in [1.165, 1.54) is 14.0 Å². The fourth-order valence-electron chi connectivity index (χ4n) is 1.35. The Hall–Kier alpha value is -1.06. The van der Waals surface area contributed by atoms with Crippen LogP contribution in [-0.2, 0) is 19.1 Å². The molecule has 0 heterocycles. The quantitative estimate of drug-likeness (QED) is 0.634. The van der Waals surface area contributed by atoms with E-state index in [2.05, 4.69) is 4.74 Å². The van der Waals surface area contributed by atoms with Gasteiger partial charge in [-0.15, -0.1) is 0 Å². The molecule has 0 fully saturated rings. The molecule has 0 saturated carbocycles. The summed E-state index contributed by atoms with van der Waals surface area (Å²) in [7, 11) is 1.29. The smallest absolute Gasteiger partial charge is 0.347 e. The van der Waals surface area contributed by atoms with Crippen molar-refractivity contribution >= 4 is 11.9 Å². The third-order valence-corrected chi connectivity index (χ3v) is 2.20. The number of ether oxygens (including phenoxy) is 2. The zero-order valence-corrected chi connectivity index (χ0v) is 9.20. The molecule has 0 aliphatic heterocycles. The van der Waals surface area contributed by atoms with Gasteiger partial charge in [0, 0.05) is 12.8 Å². The molecular formula is C10H18O4. The Morgan fingerprint density at radius 2 is 1.71 bits per heavy atom. The molecule has 0 aliphatic rings. The lowest BCUT2D eigenvalue weighted by atomic mass is 9.96. The van der Waals surface area contributed by atoms with E-state index in [4.69, 9.17) is 4.74 Å². The average Bonchev–Trinajstić information content (AvgIpc) is 2.16. The van der Waals surface area contributed by atoms with Gasteiger partial charge in [-0.2, -0.15) is 0 Å². The minimum Gasteiger partial charge on any atom is -0.466 e. The van der Waals surface area contributed by atoms with Gasteiger partial charge in [-0.25, -0.2) is 4.79 Å². The largest absolute Gasteiger partial charge is 0.466 e. The summed E-state index contributed by atoms with van der Waals surface area (Å²) in [6.07, 6.45) is 0.806. The summed E-state index contributed by atoms with van der Waals surface area (Å²) in [6.45, 7) is 5.19. The predicted molar refractivity (Wildman–Crippen MR) is 51.6 cm³/mol. The van der Waals surface area contributed by atoms with E-state index in [0.29, 0.717) is 0 Å². The minimum absolute atomic E-state index is 0.0337. The molecule has 0 N–H and O–H groups in total. The maximum Gasteiger partial charge on any atom is 0.347 e. The Morgan fingerprint density at radius 3 is 2.00 bits per heavy atom. The van der Waals surface area contributed by atoms with Gasteiger partial charge >= 0.3 is 11.9 Å². The number of hydrogen-bond donors (Lipinski definition) is 0. The van der Waals surface area contributed by atoms with E-state index in [-0.39, 0.29) is 5.92 Å². The van der Waals surface area contributed by atoms with Crippen LogP contribution in [0.4, 0.5) is 0 Å². The lowest BCUT2D eigenvalue weighted by Gasteiger charge is -2.22. The molecular weight excluding hydrogens is 184 g/mol. The van der Waals surface area contributed by atoms with Crippen LogP contribution in [0.3, 0.4) is 0 Å². The van der Waals surface area contributed by atoms with Crippen LogP contribution in [-0.4, -0.2) is 25.2 Å². The second-order valence-electron chi connectivity index (χ2n) is 3.13. The highest BCUT2D eigenvalue weighted by atomic mass is 16.6. The molecule has 0 aliphatic carbocycles. The fraction of sp³-hybridized carbons (Fsp3) is 0.800. The molecule has 0 rings (SSSR count). The first-order valence-electron chi connectivity index (χ1n) is 4.81. The summed E-state index contributed by atoms with van der Waals surface area (Å²) in [5.41, 5.74) is 0. The average molecular weight is 202 g/mol. The number of rotatable bonds is 5. The SMILES string of the molecule is CCC(CC)C(OC(C)=O)C(=O)OC. The Bertz CT molecular complexity index is 196. The van der Waals surface area contributed by atoms with Gasteiger partial charge in [0.1, 0.15) is 0 Å². The standard InChI is InChI=1S/C10H18O4/c1-5-8(6-2)9(10(12)13-4)14-7(3)11/h8-9H,5-6H2,1-4H3. The molecule has 0 spiro atoms. The lowest BCUT2D eigenvalue weighted by Crippen LogP contribution is -2.34. The van der Waals surface area contributed by atoms with Crippen molar-refractivity contribution in [2.75, 3.05) is 7.11 Å². The van der Waals surface area contributed by atoms with Gasteiger partial charge in [0.05, 0.1) is 7.11 Å². The minimum atomic E-state index is -0.757. The summed E-state index contributed by atoms with van der Waals surface area (Å²) in [5, 5.41) is 0. The summed E-state index contributed by atoms with van der Waals surface area (Å²) in [6, 6.07) is 0. The molecule has 0 aromatic rings. The highest BCUT2D eigenvalue weighted by Crippen LogP contribution is 2.17. The normalized spacial score (nSPS) is 12.4. The topological polar surface area (TPSA) is 52.6 Å². The molecule has 14 heavy (non-hydrogen) atoms. The first-order valence-corrected chi connectivity index (χ1v) is 4.81. The van der Waals surface area contributed by atoms with Crippen molar-refractivity contribution in [3.63, 3.8) is 0 Å². The zero-order chi connectivity index (χ0) is 11.1. The van der Waals surface area contributed by atoms with Crippen molar-refractivity contribution in [1.82, 2.24) is 0 Å². The molecule has 4 heteroatoms. The van der Waals surface area contributed by atoms with Gasteiger partial charge in [-0.1, -0.05) is 13.8 Å². The summed E-state index contributed by atoms with van der Waals surface area (Å²) in [5.74, 6) is -0.896. The van der Waals surface area contributed by atoms with E-state index in [1.54, 1.807) is 0 Å². The highest BCUT2D eigenvalue weighted by molar-refractivity contribution is 5.78. The van der Waals surface area contributed by atoms with Gasteiger partial charge < -0.3 is 9.47 Å². The van der Waals surface area contributed by atoms with Crippen LogP contribution in [0.1, 0.15) is 33.6 Å². The van der Waals surface area contributed by atoms with Crippen LogP contribution in [0, 0.1) is 5.92 Å². The Kier molecular flexibility index (Phi) is 5.92. The van der Waals surface area contributed by atoms with Crippen molar-refractivity contribution in [1.29, 1.82) is 0 Å². The number of esters is 2. The number of carbonyl (C=O) groups is 2. The fourth-order valence-corrected chi connectivity index (χ4v) is 1.35. The second kappa shape index (κ2) is 6.40. The molecule has 82 valence electrons. The summed E-state index contributed by atoms with van der Waals surface area (Å²) in [4.78, 5) is 22.1. The van der Waals surface area contributed by atoms with Crippen molar-refractivity contribution < 1.29 is 19.1 Å². The number of hydrogen-bond acceptors (Lipinski definition) is 4. The van der Waals surface area contributed by atoms with Crippen molar-refractivity contribution in [2.24, 2.45) is 5.92 Å². The van der Waals surface area contributed by atoms with E-state index in [9.17, 15) is 9.59 Å². The van der Waals surface area contributed by atoms with Gasteiger partial charge in [-0.3, -0.25) is 4.79 Å². The lowest BCUT2D eigenvalue weighted by molar-refractivity contribution is -0.168. The van der Waals surface area contributed by atoms with Crippen LogP contribution in [0.2, 0.25) is 0 Å². The van der Waals surface area contributed by atoms with Crippen LogP contribution in [0.15, 0.2) is 0 Å². The Morgan fingerprint density at radius 1 is 1.21 bits per heavy atom. The molecule has 4 nitrogen and oxygen atoms in total. The Labute approximate surface area is 84.6 Å². The van der Waals surface area contributed by atoms with E-state index < -0.39 is 18.0 Å². The first-order chi connectivity index (χ1) is 6.56. The Balaban J connectivity index is 4.51. The van der Waals surface area contributed by atoms with Crippen molar-refractivity contribution in [3.05, 3.63) is 0 Å². The second-order valence-corrected chi connectivity index (χ2v) is 3.13. The highest BCUT2D eigenvalue weighted by Gasteiger charge is 2.29. The molecule has 1 unspecified atom stereocenters. The van der Waals surface area contributed by atoms with Crippen LogP contribution < -0.4 is 0 Å². The van der Waals surface area contributed by atoms with E-state index >= 15 is 0 Å². The number of carbonyl (C=O) groups excluding carboxylic acids is 2. The van der Waals surface area contributed by atoms with Gasteiger partial charge in [-0.05, 0) is 12.8 Å². The predicted octanol–water partition coefficient (Wildman–Crippen LogP) is 1.53. The molecule has 0 bridgehead atoms. The molecule has 0 aromatic heterocycles. The first kappa shape index (κ1) is 12.9. The number of methoxy groups -OCH3 is 1. The molecule has 0 saturated heterocycles. The maximum atomic E-state index is 11.3. The van der Waals surface area contributed by atoms with Crippen molar-refractivity contribution in [2.45, 2.75) is 39.7 Å². The molecule has 1 atom stereocenters. The van der Waals surface area contributed by atoms with Crippen molar-refractivity contribution in [3.8, 4) is 0 Å². The van der Waals surface area contributed by atoms with Crippen LogP contribution in [0.5, 0.6) is 0 Å². The molecule has 0 amide bonds. The van der Waals surface area contributed by atoms with Crippen LogP contribution >= 0.6 is 0 Å². The third-order valence-electron chi connectivity index (χ3n) is 2.20. The van der Waals surface area contributed by atoms with E-state index in [1.807, 2.05) is 13.8 Å². The van der Waals surface area contributed by atoms with Gasteiger partial charge in [0.2, 0.25) is 6.10 Å².